The van der Waals surface area contributed by atoms with E-state index in [-0.39, 0.29) is 6.54 Å². The van der Waals surface area contributed by atoms with Crippen LogP contribution in [0.4, 0.5) is 0 Å². The quantitative estimate of drug-likeness (QED) is 0.816. The van der Waals surface area contributed by atoms with E-state index in [1.165, 1.54) is 0 Å². The van der Waals surface area contributed by atoms with Crippen molar-refractivity contribution in [2.75, 3.05) is 6.54 Å². The zero-order valence-corrected chi connectivity index (χ0v) is 12.8. The lowest BCUT2D eigenvalue weighted by Gasteiger charge is -2.08. The van der Waals surface area contributed by atoms with E-state index in [9.17, 15) is 8.42 Å². The third-order valence-electron chi connectivity index (χ3n) is 2.80. The second kappa shape index (κ2) is 6.94. The third kappa shape index (κ3) is 4.68. The maximum atomic E-state index is 11.8. The third-order valence-corrected chi connectivity index (χ3v) is 4.90. The molecule has 2 N–H and O–H groups in total. The Bertz CT molecular complexity index is 639. The van der Waals surface area contributed by atoms with E-state index in [0.29, 0.717) is 13.0 Å². The Balaban J connectivity index is 1.78. The molecule has 20 heavy (non-hydrogen) atoms. The second-order valence-corrected chi connectivity index (χ2v) is 6.84. The van der Waals surface area contributed by atoms with Crippen LogP contribution in [-0.4, -0.2) is 19.9 Å². The van der Waals surface area contributed by atoms with Gasteiger partial charge in [0.2, 0.25) is 0 Å². The predicted molar refractivity (Wildman–Crippen MR) is 80.8 cm³/mol. The minimum atomic E-state index is -3.46. The number of aryl methyl sites for hydroxylation is 1. The standard InChI is InChI=1S/C13H17N3O2S2/c1-11-13(19-10-14-11)7-8-15-20(17,18)16-9-12-5-3-2-4-6-12/h2-6,10,15-16H,7-9H2,1H3. The Hall–Kier alpha value is -1.28. The molecule has 1 heterocycles. The number of nitrogens with zero attached hydrogens (tertiary/aromatic N) is 1. The molecule has 2 rings (SSSR count). The lowest BCUT2D eigenvalue weighted by atomic mass is 10.2. The van der Waals surface area contributed by atoms with Crippen LogP contribution in [0.25, 0.3) is 0 Å². The Morgan fingerprint density at radius 2 is 1.95 bits per heavy atom. The number of aromatic nitrogens is 1. The topological polar surface area (TPSA) is 71.1 Å². The van der Waals surface area contributed by atoms with Crippen molar-refractivity contribution in [3.63, 3.8) is 0 Å². The fraction of sp³-hybridized carbons (Fsp3) is 0.308. The van der Waals surface area contributed by atoms with Gasteiger partial charge < -0.3 is 0 Å². The second-order valence-electron chi connectivity index (χ2n) is 4.32. The summed E-state index contributed by atoms with van der Waals surface area (Å²) < 4.78 is 28.6. The smallest absolute Gasteiger partial charge is 0.250 e. The van der Waals surface area contributed by atoms with Gasteiger partial charge in [0.25, 0.3) is 10.2 Å². The molecule has 0 aliphatic carbocycles. The molecule has 5 nitrogen and oxygen atoms in total. The SMILES string of the molecule is Cc1ncsc1CCNS(=O)(=O)NCc1ccccc1. The highest BCUT2D eigenvalue weighted by Gasteiger charge is 2.09. The Labute approximate surface area is 123 Å². The number of benzene rings is 1. The Kier molecular flexibility index (Phi) is 5.24. The molecule has 1 aromatic carbocycles. The van der Waals surface area contributed by atoms with E-state index < -0.39 is 10.2 Å². The van der Waals surface area contributed by atoms with Crippen molar-refractivity contribution < 1.29 is 8.42 Å². The fourth-order valence-electron chi connectivity index (χ4n) is 1.69. The monoisotopic (exact) mass is 311 g/mol. The van der Waals surface area contributed by atoms with E-state index in [0.717, 1.165) is 16.1 Å². The highest BCUT2D eigenvalue weighted by Crippen LogP contribution is 2.11. The first-order valence-corrected chi connectivity index (χ1v) is 8.60. The summed E-state index contributed by atoms with van der Waals surface area (Å²) in [6.45, 7) is 2.58. The van der Waals surface area contributed by atoms with Crippen molar-refractivity contribution in [1.29, 1.82) is 0 Å². The molecule has 0 radical (unpaired) electrons. The van der Waals surface area contributed by atoms with Crippen LogP contribution >= 0.6 is 11.3 Å². The number of rotatable bonds is 7. The summed E-state index contributed by atoms with van der Waals surface area (Å²) in [4.78, 5) is 5.24. The molecule has 0 aliphatic rings. The van der Waals surface area contributed by atoms with Crippen molar-refractivity contribution in [3.05, 3.63) is 52.0 Å². The van der Waals surface area contributed by atoms with Crippen molar-refractivity contribution in [3.8, 4) is 0 Å². The number of hydrogen-bond acceptors (Lipinski definition) is 4. The van der Waals surface area contributed by atoms with Crippen LogP contribution in [0.1, 0.15) is 16.1 Å². The van der Waals surface area contributed by atoms with Gasteiger partial charge in [-0.1, -0.05) is 30.3 Å². The van der Waals surface area contributed by atoms with Gasteiger partial charge in [0.05, 0.1) is 11.2 Å². The van der Waals surface area contributed by atoms with Gasteiger partial charge >= 0.3 is 0 Å². The van der Waals surface area contributed by atoms with Gasteiger partial charge in [-0.3, -0.25) is 0 Å². The van der Waals surface area contributed by atoms with E-state index in [2.05, 4.69) is 14.4 Å². The molecule has 7 heteroatoms. The molecule has 0 saturated carbocycles. The van der Waals surface area contributed by atoms with E-state index in [1.54, 1.807) is 16.8 Å². The molecule has 0 bridgehead atoms. The molecular weight excluding hydrogens is 294 g/mol. The number of thiazole rings is 1. The first-order valence-electron chi connectivity index (χ1n) is 6.24. The van der Waals surface area contributed by atoms with Gasteiger partial charge in [-0.05, 0) is 18.9 Å². The molecule has 1 aromatic heterocycles. The average Bonchev–Trinajstić information content (AvgIpc) is 2.83. The molecule has 0 atom stereocenters. The minimum absolute atomic E-state index is 0.287. The maximum absolute atomic E-state index is 11.8. The predicted octanol–water partition coefficient (Wildman–Crippen LogP) is 1.62. The summed E-state index contributed by atoms with van der Waals surface area (Å²) in [7, 11) is -3.46. The van der Waals surface area contributed by atoms with Crippen LogP contribution in [0.15, 0.2) is 35.8 Å². The summed E-state index contributed by atoms with van der Waals surface area (Å²) >= 11 is 1.54. The lowest BCUT2D eigenvalue weighted by molar-refractivity contribution is 0.566. The minimum Gasteiger partial charge on any atom is -0.250 e. The average molecular weight is 311 g/mol. The van der Waals surface area contributed by atoms with Gasteiger partial charge in [0.15, 0.2) is 0 Å². The van der Waals surface area contributed by atoms with Gasteiger partial charge in [-0.15, -0.1) is 11.3 Å². The number of hydrogen-bond donors (Lipinski definition) is 2. The molecule has 0 amide bonds. The van der Waals surface area contributed by atoms with Crippen molar-refractivity contribution in [2.45, 2.75) is 19.9 Å². The van der Waals surface area contributed by atoms with Crippen LogP contribution in [0.2, 0.25) is 0 Å². The van der Waals surface area contributed by atoms with Crippen molar-refractivity contribution >= 4 is 21.5 Å². The molecule has 2 aromatic rings. The summed E-state index contributed by atoms with van der Waals surface area (Å²) in [5.74, 6) is 0. The summed E-state index contributed by atoms with van der Waals surface area (Å²) in [6.07, 6.45) is 0.656. The van der Waals surface area contributed by atoms with Crippen molar-refractivity contribution in [1.82, 2.24) is 14.4 Å². The van der Waals surface area contributed by atoms with Crippen LogP contribution < -0.4 is 9.44 Å². The molecule has 0 unspecified atom stereocenters. The largest absolute Gasteiger partial charge is 0.277 e. The summed E-state index contributed by atoms with van der Waals surface area (Å²) in [6, 6.07) is 9.41. The molecule has 0 spiro atoms. The molecule has 108 valence electrons. The van der Waals surface area contributed by atoms with E-state index in [1.807, 2.05) is 37.3 Å². The Morgan fingerprint density at radius 3 is 2.60 bits per heavy atom. The molecule has 0 aliphatic heterocycles. The highest BCUT2D eigenvalue weighted by atomic mass is 32.2. The molecule has 0 fully saturated rings. The molecule has 0 saturated heterocycles. The van der Waals surface area contributed by atoms with Crippen LogP contribution in [0.3, 0.4) is 0 Å². The van der Waals surface area contributed by atoms with E-state index >= 15 is 0 Å². The fourth-order valence-corrected chi connectivity index (χ4v) is 3.30. The maximum Gasteiger partial charge on any atom is 0.277 e. The van der Waals surface area contributed by atoms with Gasteiger partial charge in [-0.2, -0.15) is 13.1 Å². The van der Waals surface area contributed by atoms with Gasteiger partial charge in [0, 0.05) is 18.0 Å². The number of nitrogens with one attached hydrogen (secondary N) is 2. The van der Waals surface area contributed by atoms with Crippen LogP contribution in [0, 0.1) is 6.92 Å². The highest BCUT2D eigenvalue weighted by molar-refractivity contribution is 7.87. The molecular formula is C13H17N3O2S2. The van der Waals surface area contributed by atoms with Gasteiger partial charge in [0.1, 0.15) is 0 Å². The van der Waals surface area contributed by atoms with Crippen LogP contribution in [0.5, 0.6) is 0 Å². The summed E-state index contributed by atoms with van der Waals surface area (Å²) in [5, 5.41) is 0. The lowest BCUT2D eigenvalue weighted by Crippen LogP contribution is -2.37. The first kappa shape index (κ1) is 15.1. The van der Waals surface area contributed by atoms with Gasteiger partial charge in [-0.25, -0.2) is 9.71 Å². The zero-order chi connectivity index (χ0) is 14.4. The summed E-state index contributed by atoms with van der Waals surface area (Å²) in [5.41, 5.74) is 3.66. The van der Waals surface area contributed by atoms with Crippen LogP contribution in [-0.2, 0) is 23.2 Å². The Morgan fingerprint density at radius 1 is 1.20 bits per heavy atom. The normalized spacial score (nSPS) is 11.7. The first-order chi connectivity index (χ1) is 9.57. The van der Waals surface area contributed by atoms with Crippen molar-refractivity contribution in [2.24, 2.45) is 0 Å². The van der Waals surface area contributed by atoms with E-state index in [4.69, 9.17) is 0 Å². The zero-order valence-electron chi connectivity index (χ0n) is 11.2.